The fraction of sp³-hybridized carbons (Fsp3) is 0.882. The first-order valence-corrected chi connectivity index (χ1v) is 8.77. The minimum Gasteiger partial charge on any atom is -0.340 e. The molecular formula is C17H28N2O2. The lowest BCUT2D eigenvalue weighted by Gasteiger charge is -2.48. The van der Waals surface area contributed by atoms with Crippen LogP contribution in [-0.4, -0.2) is 34.8 Å². The lowest BCUT2D eigenvalue weighted by molar-refractivity contribution is -0.155. The van der Waals surface area contributed by atoms with Crippen LogP contribution in [0.15, 0.2) is 0 Å². The number of amides is 2. The van der Waals surface area contributed by atoms with E-state index in [0.717, 1.165) is 44.4 Å². The van der Waals surface area contributed by atoms with Gasteiger partial charge < -0.3 is 10.2 Å². The van der Waals surface area contributed by atoms with Crippen molar-refractivity contribution in [1.29, 1.82) is 0 Å². The third-order valence-electron chi connectivity index (χ3n) is 5.84. The fourth-order valence-electron chi connectivity index (χ4n) is 4.57. The monoisotopic (exact) mass is 292 g/mol. The molecule has 1 saturated heterocycles. The molecule has 0 radical (unpaired) electrons. The predicted molar refractivity (Wildman–Crippen MR) is 81.7 cm³/mol. The number of piperazine rings is 1. The zero-order valence-electron chi connectivity index (χ0n) is 13.2. The van der Waals surface area contributed by atoms with Crippen LogP contribution in [0.2, 0.25) is 0 Å². The Kier molecular flexibility index (Phi) is 4.23. The van der Waals surface area contributed by atoms with E-state index in [9.17, 15) is 9.59 Å². The standard InChI is InChI=1S/C17H28N2O2/c1-2-13-7-6-8-14(11-13)19-12-15(20)18-17(16(19)21)9-4-3-5-10-17/h13-14H,2-12H2,1H3,(H,18,20). The minimum atomic E-state index is -0.563. The summed E-state index contributed by atoms with van der Waals surface area (Å²) >= 11 is 0. The van der Waals surface area contributed by atoms with Crippen molar-refractivity contribution in [3.8, 4) is 0 Å². The summed E-state index contributed by atoms with van der Waals surface area (Å²) in [6.45, 7) is 2.52. The molecule has 21 heavy (non-hydrogen) atoms. The average Bonchev–Trinajstić information content (AvgIpc) is 2.52. The Bertz CT molecular complexity index is 415. The number of carbonyl (C=O) groups excluding carboxylic acids is 2. The van der Waals surface area contributed by atoms with Crippen LogP contribution < -0.4 is 5.32 Å². The number of hydrogen-bond donors (Lipinski definition) is 1. The first-order chi connectivity index (χ1) is 10.1. The lowest BCUT2D eigenvalue weighted by Crippen LogP contribution is -2.69. The van der Waals surface area contributed by atoms with Crippen LogP contribution in [0.1, 0.15) is 71.1 Å². The van der Waals surface area contributed by atoms with Gasteiger partial charge in [-0.2, -0.15) is 0 Å². The normalized spacial score (nSPS) is 33.1. The van der Waals surface area contributed by atoms with E-state index in [0.29, 0.717) is 6.04 Å². The maximum atomic E-state index is 13.1. The van der Waals surface area contributed by atoms with Gasteiger partial charge in [0.1, 0.15) is 5.54 Å². The molecule has 2 saturated carbocycles. The second-order valence-electron chi connectivity index (χ2n) is 7.22. The Labute approximate surface area is 127 Å². The number of hydrogen-bond acceptors (Lipinski definition) is 2. The van der Waals surface area contributed by atoms with Crippen molar-refractivity contribution in [2.45, 2.75) is 82.7 Å². The molecule has 2 unspecified atom stereocenters. The molecule has 3 fully saturated rings. The van der Waals surface area contributed by atoms with Gasteiger partial charge in [-0.05, 0) is 31.6 Å². The fourth-order valence-corrected chi connectivity index (χ4v) is 4.57. The van der Waals surface area contributed by atoms with E-state index in [2.05, 4.69) is 12.2 Å². The zero-order valence-corrected chi connectivity index (χ0v) is 13.2. The van der Waals surface area contributed by atoms with Crippen LogP contribution >= 0.6 is 0 Å². The average molecular weight is 292 g/mol. The number of nitrogens with zero attached hydrogens (tertiary/aromatic N) is 1. The van der Waals surface area contributed by atoms with E-state index in [4.69, 9.17) is 0 Å². The summed E-state index contributed by atoms with van der Waals surface area (Å²) in [5.74, 6) is 0.988. The summed E-state index contributed by atoms with van der Waals surface area (Å²) < 4.78 is 0. The summed E-state index contributed by atoms with van der Waals surface area (Å²) in [4.78, 5) is 27.2. The smallest absolute Gasteiger partial charge is 0.249 e. The highest BCUT2D eigenvalue weighted by molar-refractivity contribution is 5.98. The molecule has 0 aromatic heterocycles. The quantitative estimate of drug-likeness (QED) is 0.850. The molecule has 4 heteroatoms. The summed E-state index contributed by atoms with van der Waals surface area (Å²) in [5.41, 5.74) is -0.563. The third kappa shape index (κ3) is 2.82. The van der Waals surface area contributed by atoms with E-state index in [-0.39, 0.29) is 18.4 Å². The maximum absolute atomic E-state index is 13.1. The second-order valence-corrected chi connectivity index (χ2v) is 7.22. The van der Waals surface area contributed by atoms with Crippen molar-refractivity contribution in [2.75, 3.05) is 6.54 Å². The molecule has 2 amide bonds. The molecule has 2 aliphatic carbocycles. The third-order valence-corrected chi connectivity index (χ3v) is 5.84. The SMILES string of the molecule is CCC1CCCC(N2CC(=O)NC3(CCCCC3)C2=O)C1. The van der Waals surface area contributed by atoms with Gasteiger partial charge in [-0.15, -0.1) is 0 Å². The highest BCUT2D eigenvalue weighted by atomic mass is 16.2. The molecule has 3 aliphatic rings. The molecule has 1 spiro atoms. The Morgan fingerprint density at radius 1 is 1.14 bits per heavy atom. The minimum absolute atomic E-state index is 0.0510. The van der Waals surface area contributed by atoms with Crippen molar-refractivity contribution >= 4 is 11.8 Å². The van der Waals surface area contributed by atoms with E-state index in [1.54, 1.807) is 0 Å². The molecule has 4 nitrogen and oxygen atoms in total. The number of rotatable bonds is 2. The first kappa shape index (κ1) is 14.9. The van der Waals surface area contributed by atoms with Crippen molar-refractivity contribution < 1.29 is 9.59 Å². The van der Waals surface area contributed by atoms with Crippen LogP contribution in [0.5, 0.6) is 0 Å². The van der Waals surface area contributed by atoms with Gasteiger partial charge in [-0.1, -0.05) is 45.4 Å². The topological polar surface area (TPSA) is 49.4 Å². The molecule has 118 valence electrons. The lowest BCUT2D eigenvalue weighted by atomic mass is 9.77. The van der Waals surface area contributed by atoms with Crippen molar-refractivity contribution in [2.24, 2.45) is 5.92 Å². The molecule has 1 heterocycles. The highest BCUT2D eigenvalue weighted by Gasteiger charge is 2.48. The summed E-state index contributed by atoms with van der Waals surface area (Å²) in [7, 11) is 0. The number of nitrogens with one attached hydrogen (secondary N) is 1. The van der Waals surface area contributed by atoms with Gasteiger partial charge in [0.15, 0.2) is 0 Å². The summed E-state index contributed by atoms with van der Waals surface area (Å²) in [6.07, 6.45) is 10.8. The predicted octanol–water partition coefficient (Wildman–Crippen LogP) is 2.62. The van der Waals surface area contributed by atoms with Gasteiger partial charge in [-0.25, -0.2) is 0 Å². The Balaban J connectivity index is 1.77. The van der Waals surface area contributed by atoms with Crippen molar-refractivity contribution in [1.82, 2.24) is 10.2 Å². The van der Waals surface area contributed by atoms with E-state index >= 15 is 0 Å². The van der Waals surface area contributed by atoms with Gasteiger partial charge >= 0.3 is 0 Å². The van der Waals surface area contributed by atoms with Gasteiger partial charge in [-0.3, -0.25) is 9.59 Å². The van der Waals surface area contributed by atoms with E-state index < -0.39 is 5.54 Å². The Morgan fingerprint density at radius 3 is 2.62 bits per heavy atom. The van der Waals surface area contributed by atoms with Crippen LogP contribution in [0, 0.1) is 5.92 Å². The number of carbonyl (C=O) groups is 2. The van der Waals surface area contributed by atoms with Gasteiger partial charge in [0.2, 0.25) is 11.8 Å². The maximum Gasteiger partial charge on any atom is 0.249 e. The van der Waals surface area contributed by atoms with E-state index in [1.807, 2.05) is 4.90 Å². The molecule has 0 aromatic carbocycles. The van der Waals surface area contributed by atoms with Gasteiger partial charge in [0, 0.05) is 6.04 Å². The zero-order chi connectivity index (χ0) is 14.9. The molecule has 1 aliphatic heterocycles. The first-order valence-electron chi connectivity index (χ1n) is 8.77. The van der Waals surface area contributed by atoms with E-state index in [1.165, 1.54) is 25.7 Å². The molecular weight excluding hydrogens is 264 g/mol. The summed E-state index contributed by atoms with van der Waals surface area (Å²) in [5, 5.41) is 3.05. The Morgan fingerprint density at radius 2 is 1.90 bits per heavy atom. The molecule has 3 rings (SSSR count). The van der Waals surface area contributed by atoms with Crippen LogP contribution in [0.4, 0.5) is 0 Å². The second kappa shape index (κ2) is 5.98. The summed E-state index contributed by atoms with van der Waals surface area (Å²) in [6, 6.07) is 0.293. The molecule has 0 bridgehead atoms. The van der Waals surface area contributed by atoms with Crippen molar-refractivity contribution in [3.63, 3.8) is 0 Å². The largest absolute Gasteiger partial charge is 0.340 e. The van der Waals surface area contributed by atoms with Gasteiger partial charge in [0.05, 0.1) is 6.54 Å². The van der Waals surface area contributed by atoms with Gasteiger partial charge in [0.25, 0.3) is 0 Å². The highest BCUT2D eigenvalue weighted by Crippen LogP contribution is 2.36. The Hall–Kier alpha value is -1.06. The van der Waals surface area contributed by atoms with Crippen LogP contribution in [0.3, 0.4) is 0 Å². The van der Waals surface area contributed by atoms with Crippen LogP contribution in [0.25, 0.3) is 0 Å². The van der Waals surface area contributed by atoms with Crippen LogP contribution in [-0.2, 0) is 9.59 Å². The molecule has 0 aromatic rings. The molecule has 1 N–H and O–H groups in total. The van der Waals surface area contributed by atoms with Crippen molar-refractivity contribution in [3.05, 3.63) is 0 Å². The molecule has 2 atom stereocenters.